The first-order chi connectivity index (χ1) is 10.5. The molecule has 22 heavy (non-hydrogen) atoms. The summed E-state index contributed by atoms with van der Waals surface area (Å²) in [6.45, 7) is 0. The number of hydrogen-bond donors (Lipinski definition) is 1. The number of halogens is 3. The molecule has 0 spiro atoms. The lowest BCUT2D eigenvalue weighted by molar-refractivity contribution is -0.118. The molecule has 2 rings (SSSR count). The predicted octanol–water partition coefficient (Wildman–Crippen LogP) is 4.89. The van der Waals surface area contributed by atoms with Crippen LogP contribution in [0.1, 0.15) is 5.56 Å². The van der Waals surface area contributed by atoms with Crippen LogP contribution in [0.5, 0.6) is 0 Å². The van der Waals surface area contributed by atoms with Crippen LogP contribution in [0.3, 0.4) is 0 Å². The van der Waals surface area contributed by atoms with Crippen LogP contribution in [0, 0.1) is 0 Å². The van der Waals surface area contributed by atoms with E-state index in [1.54, 1.807) is 30.3 Å². The molecule has 0 aliphatic rings. The minimum atomic E-state index is -0.198. The van der Waals surface area contributed by atoms with Crippen LogP contribution in [0.2, 0.25) is 15.1 Å². The van der Waals surface area contributed by atoms with Crippen LogP contribution in [-0.2, 0) is 4.79 Å². The van der Waals surface area contributed by atoms with Gasteiger partial charge in [-0.1, -0.05) is 40.9 Å². The Morgan fingerprint density at radius 1 is 1.09 bits per heavy atom. The van der Waals surface area contributed by atoms with Gasteiger partial charge >= 0.3 is 0 Å². The van der Waals surface area contributed by atoms with Crippen molar-refractivity contribution in [2.75, 3.05) is 5.75 Å². The number of rotatable bonds is 5. The van der Waals surface area contributed by atoms with Gasteiger partial charge in [0, 0.05) is 9.92 Å². The Morgan fingerprint density at radius 3 is 2.50 bits per heavy atom. The van der Waals surface area contributed by atoms with Gasteiger partial charge in [-0.3, -0.25) is 4.79 Å². The number of nitrogens with zero attached hydrogens (tertiary/aromatic N) is 1. The van der Waals surface area contributed by atoms with E-state index in [0.717, 1.165) is 10.5 Å². The molecule has 7 heteroatoms. The molecule has 2 aromatic carbocycles. The van der Waals surface area contributed by atoms with Crippen molar-refractivity contribution in [1.29, 1.82) is 0 Å². The first-order valence-corrected chi connectivity index (χ1v) is 8.32. The fraction of sp³-hybridized carbons (Fsp3) is 0.0667. The molecule has 0 bridgehead atoms. The standard InChI is InChI=1S/C15H11Cl3N2OS/c16-11-2-4-12(5-3-11)22-9-15(21)20-19-8-10-1-6-13(17)14(18)7-10/h1-8H,9H2,(H,20,21)/b19-8-. The van der Waals surface area contributed by atoms with Gasteiger partial charge in [0.2, 0.25) is 5.91 Å². The van der Waals surface area contributed by atoms with E-state index in [0.29, 0.717) is 15.1 Å². The van der Waals surface area contributed by atoms with E-state index >= 15 is 0 Å². The van der Waals surface area contributed by atoms with Crippen molar-refractivity contribution in [1.82, 2.24) is 5.43 Å². The van der Waals surface area contributed by atoms with Crippen LogP contribution in [0.15, 0.2) is 52.5 Å². The predicted molar refractivity (Wildman–Crippen MR) is 94.4 cm³/mol. The molecule has 3 nitrogen and oxygen atoms in total. The molecule has 0 atom stereocenters. The molecular formula is C15H11Cl3N2OS. The third kappa shape index (κ3) is 5.54. The van der Waals surface area contributed by atoms with E-state index in [1.807, 2.05) is 12.1 Å². The maximum atomic E-state index is 11.7. The highest BCUT2D eigenvalue weighted by molar-refractivity contribution is 8.00. The quantitative estimate of drug-likeness (QED) is 0.460. The number of amides is 1. The summed E-state index contributed by atoms with van der Waals surface area (Å²) < 4.78 is 0. The van der Waals surface area contributed by atoms with E-state index in [4.69, 9.17) is 34.8 Å². The lowest BCUT2D eigenvalue weighted by Gasteiger charge is -2.01. The van der Waals surface area contributed by atoms with E-state index < -0.39 is 0 Å². The first-order valence-electron chi connectivity index (χ1n) is 6.20. The zero-order valence-electron chi connectivity index (χ0n) is 11.2. The fourth-order valence-corrected chi connectivity index (χ4v) is 2.61. The molecule has 0 aromatic heterocycles. The Balaban J connectivity index is 1.80. The summed E-state index contributed by atoms with van der Waals surface area (Å²) in [4.78, 5) is 12.6. The van der Waals surface area contributed by atoms with Crippen molar-refractivity contribution >= 4 is 58.7 Å². The molecule has 0 fully saturated rings. The van der Waals surface area contributed by atoms with Crippen molar-refractivity contribution in [3.8, 4) is 0 Å². The zero-order chi connectivity index (χ0) is 15.9. The third-order valence-electron chi connectivity index (χ3n) is 2.53. The summed E-state index contributed by atoms with van der Waals surface area (Å²) >= 11 is 18.9. The highest BCUT2D eigenvalue weighted by Crippen LogP contribution is 2.22. The second-order valence-electron chi connectivity index (χ2n) is 4.21. The van der Waals surface area contributed by atoms with Gasteiger partial charge in [-0.15, -0.1) is 11.8 Å². The molecule has 0 unspecified atom stereocenters. The number of hydrazone groups is 1. The lowest BCUT2D eigenvalue weighted by Crippen LogP contribution is -2.19. The summed E-state index contributed by atoms with van der Waals surface area (Å²) in [5.41, 5.74) is 3.20. The Hall–Kier alpha value is -1.20. The molecule has 0 saturated heterocycles. The fourth-order valence-electron chi connectivity index (χ4n) is 1.48. The summed E-state index contributed by atoms with van der Waals surface area (Å²) in [6.07, 6.45) is 1.51. The minimum absolute atomic E-state index is 0.198. The smallest absolute Gasteiger partial charge is 0.250 e. The van der Waals surface area contributed by atoms with Crippen LogP contribution in [-0.4, -0.2) is 17.9 Å². The largest absolute Gasteiger partial charge is 0.272 e. The topological polar surface area (TPSA) is 41.5 Å². The minimum Gasteiger partial charge on any atom is -0.272 e. The number of thioether (sulfide) groups is 1. The molecule has 0 aliphatic carbocycles. The highest BCUT2D eigenvalue weighted by Gasteiger charge is 2.02. The van der Waals surface area contributed by atoms with Crippen LogP contribution < -0.4 is 5.43 Å². The van der Waals surface area contributed by atoms with Crippen molar-refractivity contribution in [3.05, 3.63) is 63.1 Å². The van der Waals surface area contributed by atoms with Gasteiger partial charge in [-0.25, -0.2) is 5.43 Å². The van der Waals surface area contributed by atoms with E-state index in [1.165, 1.54) is 18.0 Å². The molecule has 114 valence electrons. The second kappa shape index (κ2) is 8.44. The Bertz CT molecular complexity index is 690. The number of hydrogen-bond acceptors (Lipinski definition) is 3. The Kier molecular flexibility index (Phi) is 6.58. The maximum Gasteiger partial charge on any atom is 0.250 e. The van der Waals surface area contributed by atoms with E-state index in [-0.39, 0.29) is 11.7 Å². The van der Waals surface area contributed by atoms with Crippen LogP contribution >= 0.6 is 46.6 Å². The third-order valence-corrected chi connectivity index (χ3v) is 4.53. The molecule has 0 saturated carbocycles. The molecular weight excluding hydrogens is 363 g/mol. The average molecular weight is 374 g/mol. The van der Waals surface area contributed by atoms with Gasteiger partial charge in [0.05, 0.1) is 22.0 Å². The number of nitrogens with one attached hydrogen (secondary N) is 1. The zero-order valence-corrected chi connectivity index (χ0v) is 14.3. The average Bonchev–Trinajstić information content (AvgIpc) is 2.50. The van der Waals surface area contributed by atoms with Gasteiger partial charge in [0.25, 0.3) is 0 Å². The number of carbonyl (C=O) groups excluding carboxylic acids is 1. The van der Waals surface area contributed by atoms with E-state index in [9.17, 15) is 4.79 Å². The summed E-state index contributed by atoms with van der Waals surface area (Å²) in [5.74, 6) is 0.0663. The lowest BCUT2D eigenvalue weighted by atomic mass is 10.2. The van der Waals surface area contributed by atoms with Crippen molar-refractivity contribution in [2.24, 2.45) is 5.10 Å². The van der Waals surface area contributed by atoms with Gasteiger partial charge < -0.3 is 0 Å². The molecule has 0 radical (unpaired) electrons. The SMILES string of the molecule is O=C(CSc1ccc(Cl)cc1)N/N=C\c1ccc(Cl)c(Cl)c1. The van der Waals surface area contributed by atoms with Crippen LogP contribution in [0.4, 0.5) is 0 Å². The summed E-state index contributed by atoms with van der Waals surface area (Å²) in [7, 11) is 0. The molecule has 0 aliphatic heterocycles. The van der Waals surface area contributed by atoms with E-state index in [2.05, 4.69) is 10.5 Å². The molecule has 0 heterocycles. The van der Waals surface area contributed by atoms with Crippen molar-refractivity contribution < 1.29 is 4.79 Å². The first kappa shape index (κ1) is 17.2. The Labute approximate surface area is 147 Å². The summed E-state index contributed by atoms with van der Waals surface area (Å²) in [5, 5.41) is 5.46. The molecule has 1 N–H and O–H groups in total. The normalized spacial score (nSPS) is 10.9. The Morgan fingerprint density at radius 2 is 1.82 bits per heavy atom. The van der Waals surface area contributed by atoms with Crippen molar-refractivity contribution in [3.63, 3.8) is 0 Å². The maximum absolute atomic E-state index is 11.7. The highest BCUT2D eigenvalue weighted by atomic mass is 35.5. The number of carbonyl (C=O) groups is 1. The van der Waals surface area contributed by atoms with Crippen molar-refractivity contribution in [2.45, 2.75) is 4.90 Å². The van der Waals surface area contributed by atoms with Gasteiger partial charge in [0.15, 0.2) is 0 Å². The molecule has 1 amide bonds. The van der Waals surface area contributed by atoms with Gasteiger partial charge in [-0.05, 0) is 42.0 Å². The molecule has 2 aromatic rings. The van der Waals surface area contributed by atoms with Gasteiger partial charge in [0.1, 0.15) is 0 Å². The number of benzene rings is 2. The second-order valence-corrected chi connectivity index (χ2v) is 6.51. The summed E-state index contributed by atoms with van der Waals surface area (Å²) in [6, 6.07) is 12.4. The monoisotopic (exact) mass is 372 g/mol. The van der Waals surface area contributed by atoms with Gasteiger partial charge in [-0.2, -0.15) is 5.10 Å². The van der Waals surface area contributed by atoms with Crippen LogP contribution in [0.25, 0.3) is 0 Å².